The zero-order chi connectivity index (χ0) is 22.2. The molecule has 0 saturated heterocycles. The number of carbonyl (C=O) groups is 2. The molecule has 3 aromatic rings. The molecular formula is C23H19Cl2N3O3. The minimum Gasteiger partial charge on any atom is -0.488 e. The van der Waals surface area contributed by atoms with Crippen LogP contribution in [0, 0.1) is 0 Å². The highest BCUT2D eigenvalue weighted by Gasteiger charge is 2.07. The highest BCUT2D eigenvalue weighted by atomic mass is 35.5. The summed E-state index contributed by atoms with van der Waals surface area (Å²) in [4.78, 5) is 23.4. The van der Waals surface area contributed by atoms with Crippen molar-refractivity contribution in [2.24, 2.45) is 5.10 Å². The predicted molar refractivity (Wildman–Crippen MR) is 123 cm³/mol. The first kappa shape index (κ1) is 22.3. The van der Waals surface area contributed by atoms with Crippen LogP contribution in [0.5, 0.6) is 5.75 Å². The van der Waals surface area contributed by atoms with Crippen molar-refractivity contribution in [2.45, 2.75) is 13.5 Å². The largest absolute Gasteiger partial charge is 0.488 e. The minimum absolute atomic E-state index is 0.184. The molecule has 0 saturated carbocycles. The Morgan fingerprint density at radius 2 is 1.77 bits per heavy atom. The van der Waals surface area contributed by atoms with Gasteiger partial charge in [0.1, 0.15) is 12.4 Å². The van der Waals surface area contributed by atoms with Gasteiger partial charge in [0, 0.05) is 39.3 Å². The van der Waals surface area contributed by atoms with E-state index >= 15 is 0 Å². The van der Waals surface area contributed by atoms with E-state index in [1.165, 1.54) is 13.1 Å². The Hall–Kier alpha value is -3.35. The van der Waals surface area contributed by atoms with E-state index in [1.807, 2.05) is 18.2 Å². The summed E-state index contributed by atoms with van der Waals surface area (Å²) in [5, 5.41) is 7.76. The number of hydrogen-bond donors (Lipinski definition) is 2. The monoisotopic (exact) mass is 455 g/mol. The van der Waals surface area contributed by atoms with Crippen LogP contribution in [0.1, 0.15) is 28.4 Å². The molecule has 31 heavy (non-hydrogen) atoms. The van der Waals surface area contributed by atoms with Crippen molar-refractivity contribution in [3.05, 3.63) is 93.5 Å². The fourth-order valence-corrected chi connectivity index (χ4v) is 3.03. The molecule has 3 aromatic carbocycles. The fraction of sp³-hybridized carbons (Fsp3) is 0.0870. The number of hydrazone groups is 1. The molecule has 0 fully saturated rings. The molecule has 0 aliphatic rings. The van der Waals surface area contributed by atoms with Crippen LogP contribution < -0.4 is 15.5 Å². The molecule has 0 spiro atoms. The van der Waals surface area contributed by atoms with Gasteiger partial charge < -0.3 is 10.1 Å². The van der Waals surface area contributed by atoms with Crippen LogP contribution >= 0.6 is 23.2 Å². The average molecular weight is 456 g/mol. The number of amides is 2. The Balaban J connectivity index is 1.66. The third-order valence-corrected chi connectivity index (χ3v) is 4.75. The topological polar surface area (TPSA) is 79.8 Å². The number of anilines is 1. The van der Waals surface area contributed by atoms with Crippen LogP contribution in [0.3, 0.4) is 0 Å². The van der Waals surface area contributed by atoms with Gasteiger partial charge in [-0.25, -0.2) is 5.43 Å². The van der Waals surface area contributed by atoms with Crippen LogP contribution in [0.2, 0.25) is 10.0 Å². The molecule has 8 heteroatoms. The molecule has 158 valence electrons. The number of halogens is 2. The third kappa shape index (κ3) is 6.57. The van der Waals surface area contributed by atoms with Crippen LogP contribution in [0.25, 0.3) is 0 Å². The van der Waals surface area contributed by atoms with Gasteiger partial charge in [0.25, 0.3) is 5.91 Å². The second kappa shape index (κ2) is 10.6. The second-order valence-electron chi connectivity index (χ2n) is 6.52. The van der Waals surface area contributed by atoms with Gasteiger partial charge in [-0.3, -0.25) is 9.59 Å². The molecule has 0 aromatic heterocycles. The first-order valence-corrected chi connectivity index (χ1v) is 10.0. The highest BCUT2D eigenvalue weighted by molar-refractivity contribution is 6.31. The lowest BCUT2D eigenvalue weighted by atomic mass is 10.2. The first-order valence-electron chi connectivity index (χ1n) is 9.29. The van der Waals surface area contributed by atoms with Gasteiger partial charge >= 0.3 is 0 Å². The van der Waals surface area contributed by atoms with E-state index in [1.54, 1.807) is 48.5 Å². The fourth-order valence-electron chi connectivity index (χ4n) is 2.66. The van der Waals surface area contributed by atoms with Crippen molar-refractivity contribution in [3.63, 3.8) is 0 Å². The van der Waals surface area contributed by atoms with Gasteiger partial charge in [0.2, 0.25) is 5.91 Å². The zero-order valence-corrected chi connectivity index (χ0v) is 18.1. The van der Waals surface area contributed by atoms with Gasteiger partial charge in [0.15, 0.2) is 0 Å². The zero-order valence-electron chi connectivity index (χ0n) is 16.6. The molecule has 0 bridgehead atoms. The Kier molecular flexibility index (Phi) is 7.65. The van der Waals surface area contributed by atoms with Crippen LogP contribution in [0.4, 0.5) is 5.69 Å². The maximum atomic E-state index is 12.3. The summed E-state index contributed by atoms with van der Waals surface area (Å²) < 4.78 is 5.86. The van der Waals surface area contributed by atoms with E-state index in [-0.39, 0.29) is 12.5 Å². The minimum atomic E-state index is -0.397. The van der Waals surface area contributed by atoms with E-state index in [9.17, 15) is 9.59 Å². The number of rotatable bonds is 7. The first-order chi connectivity index (χ1) is 14.9. The lowest BCUT2D eigenvalue weighted by molar-refractivity contribution is -0.114. The number of nitrogens with zero attached hydrogens (tertiary/aromatic N) is 1. The van der Waals surface area contributed by atoms with Crippen molar-refractivity contribution in [1.29, 1.82) is 0 Å². The van der Waals surface area contributed by atoms with E-state index in [2.05, 4.69) is 15.8 Å². The number of hydrogen-bond acceptors (Lipinski definition) is 4. The Bertz CT molecular complexity index is 1120. The number of ether oxygens (including phenoxy) is 1. The molecule has 3 rings (SSSR count). The molecule has 2 amide bonds. The van der Waals surface area contributed by atoms with Crippen molar-refractivity contribution in [2.75, 3.05) is 5.32 Å². The second-order valence-corrected chi connectivity index (χ2v) is 7.36. The number of carbonyl (C=O) groups excluding carboxylic acids is 2. The SMILES string of the molecule is CC(=O)Nc1ccc(C(=O)N/N=C\c2cc(Cl)ccc2OCc2ccccc2Cl)cc1. The standard InChI is InChI=1S/C23H19Cl2N3O3/c1-15(29)27-20-9-6-16(7-10-20)23(30)28-26-13-18-12-19(24)8-11-22(18)31-14-17-4-2-3-5-21(17)25/h2-13H,14H2,1H3,(H,27,29)(H,28,30)/b26-13-. The molecule has 0 radical (unpaired) electrons. The summed E-state index contributed by atoms with van der Waals surface area (Å²) in [5.74, 6) is -0.0379. The molecule has 0 atom stereocenters. The summed E-state index contributed by atoms with van der Waals surface area (Å²) in [6.07, 6.45) is 1.46. The molecule has 0 aliphatic carbocycles. The Labute approximate surface area is 189 Å². The maximum Gasteiger partial charge on any atom is 0.271 e. The summed E-state index contributed by atoms with van der Waals surface area (Å²) in [5.41, 5.74) is 4.90. The molecule has 0 unspecified atom stereocenters. The van der Waals surface area contributed by atoms with Gasteiger partial charge in [0.05, 0.1) is 6.21 Å². The third-order valence-electron chi connectivity index (χ3n) is 4.15. The summed E-state index contributed by atoms with van der Waals surface area (Å²) in [6, 6.07) is 19.0. The Morgan fingerprint density at radius 3 is 2.48 bits per heavy atom. The van der Waals surface area contributed by atoms with Gasteiger partial charge in [-0.2, -0.15) is 5.10 Å². The van der Waals surface area contributed by atoms with Gasteiger partial charge in [-0.05, 0) is 48.5 Å². The quantitative estimate of drug-likeness (QED) is 0.374. The number of benzene rings is 3. The lowest BCUT2D eigenvalue weighted by Crippen LogP contribution is -2.17. The van der Waals surface area contributed by atoms with Crippen molar-refractivity contribution in [1.82, 2.24) is 5.43 Å². The van der Waals surface area contributed by atoms with Gasteiger partial charge in [-0.15, -0.1) is 0 Å². The molecule has 0 aliphatic heterocycles. The maximum absolute atomic E-state index is 12.3. The highest BCUT2D eigenvalue weighted by Crippen LogP contribution is 2.24. The average Bonchev–Trinajstić information content (AvgIpc) is 2.74. The van der Waals surface area contributed by atoms with Crippen LogP contribution in [-0.2, 0) is 11.4 Å². The molecular weight excluding hydrogens is 437 g/mol. The van der Waals surface area contributed by atoms with Crippen molar-refractivity contribution in [3.8, 4) is 5.75 Å². The van der Waals surface area contributed by atoms with Crippen molar-refractivity contribution < 1.29 is 14.3 Å². The van der Waals surface area contributed by atoms with Crippen molar-refractivity contribution >= 4 is 46.9 Å². The van der Waals surface area contributed by atoms with Gasteiger partial charge in [-0.1, -0.05) is 41.4 Å². The predicted octanol–water partition coefficient (Wildman–Crippen LogP) is 5.29. The van der Waals surface area contributed by atoms with E-state index < -0.39 is 5.91 Å². The number of nitrogens with one attached hydrogen (secondary N) is 2. The summed E-state index contributed by atoms with van der Waals surface area (Å²) in [7, 11) is 0. The smallest absolute Gasteiger partial charge is 0.271 e. The molecule has 6 nitrogen and oxygen atoms in total. The summed E-state index contributed by atoms with van der Waals surface area (Å²) >= 11 is 12.3. The molecule has 0 heterocycles. The van der Waals surface area contributed by atoms with E-state index in [0.717, 1.165) is 5.56 Å². The van der Waals surface area contributed by atoms with E-state index in [4.69, 9.17) is 27.9 Å². The molecule has 2 N–H and O–H groups in total. The van der Waals surface area contributed by atoms with Crippen LogP contribution in [0.15, 0.2) is 71.8 Å². The van der Waals surface area contributed by atoms with E-state index in [0.29, 0.717) is 32.6 Å². The normalized spacial score (nSPS) is 10.7. The summed E-state index contributed by atoms with van der Waals surface area (Å²) in [6.45, 7) is 1.69. The Morgan fingerprint density at radius 1 is 1.03 bits per heavy atom. The lowest BCUT2D eigenvalue weighted by Gasteiger charge is -2.10. The van der Waals surface area contributed by atoms with Crippen LogP contribution in [-0.4, -0.2) is 18.0 Å².